The van der Waals surface area contributed by atoms with E-state index < -0.39 is 11.0 Å². The maximum atomic E-state index is 10.5. The van der Waals surface area contributed by atoms with Crippen LogP contribution in [-0.4, -0.2) is 5.11 Å². The minimum Gasteiger partial charge on any atom is -0.372 e. The smallest absolute Gasteiger partial charge is 0.169 e. The maximum absolute atomic E-state index is 10.5. The zero-order chi connectivity index (χ0) is 11.8. The Morgan fingerprint density at radius 2 is 1.94 bits per heavy atom. The predicted molar refractivity (Wildman–Crippen MR) is 61.5 cm³/mol. The van der Waals surface area contributed by atoms with Crippen LogP contribution in [0.4, 0.5) is 0 Å². The van der Waals surface area contributed by atoms with Crippen LogP contribution in [0.1, 0.15) is 18.4 Å². The number of nitrogens with zero attached hydrogens (tertiary/aromatic N) is 1. The zero-order valence-electron chi connectivity index (χ0n) is 8.57. The van der Waals surface area contributed by atoms with Crippen molar-refractivity contribution in [2.24, 2.45) is 5.41 Å². The third-order valence-electron chi connectivity index (χ3n) is 3.13. The minimum atomic E-state index is -1.51. The molecule has 1 saturated carbocycles. The van der Waals surface area contributed by atoms with E-state index in [0.29, 0.717) is 23.4 Å². The van der Waals surface area contributed by atoms with Crippen LogP contribution in [0.3, 0.4) is 0 Å². The summed E-state index contributed by atoms with van der Waals surface area (Å²) >= 11 is 5.77. The van der Waals surface area contributed by atoms with Gasteiger partial charge < -0.3 is 5.11 Å². The molecule has 2 nitrogen and oxygen atoms in total. The summed E-state index contributed by atoms with van der Waals surface area (Å²) in [6.07, 6.45) is 6.66. The highest BCUT2D eigenvalue weighted by molar-refractivity contribution is 6.30. The van der Waals surface area contributed by atoms with Gasteiger partial charge in [0.15, 0.2) is 5.60 Å². The van der Waals surface area contributed by atoms with Crippen molar-refractivity contribution in [3.05, 3.63) is 34.9 Å². The van der Waals surface area contributed by atoms with Crippen molar-refractivity contribution >= 4 is 11.6 Å². The van der Waals surface area contributed by atoms with Crippen molar-refractivity contribution in [2.45, 2.75) is 18.4 Å². The fraction of sp³-hybridized carbons (Fsp3) is 0.308. The number of nitriles is 1. The van der Waals surface area contributed by atoms with Gasteiger partial charge in [0.1, 0.15) is 5.41 Å². The first-order chi connectivity index (χ1) is 7.58. The van der Waals surface area contributed by atoms with Crippen molar-refractivity contribution in [1.82, 2.24) is 0 Å². The molecule has 0 radical (unpaired) electrons. The minimum absolute atomic E-state index is 0.554. The fourth-order valence-corrected chi connectivity index (χ4v) is 1.99. The Bertz CT molecular complexity index is 490. The van der Waals surface area contributed by atoms with Crippen molar-refractivity contribution in [3.63, 3.8) is 0 Å². The largest absolute Gasteiger partial charge is 0.372 e. The third kappa shape index (κ3) is 1.39. The molecule has 1 aliphatic rings. The monoisotopic (exact) mass is 231 g/mol. The average Bonchev–Trinajstić information content (AvgIpc) is 3.10. The molecule has 0 aromatic heterocycles. The molecule has 2 rings (SSSR count). The molecule has 1 aromatic carbocycles. The summed E-state index contributed by atoms with van der Waals surface area (Å²) in [5.74, 6) is 2.36. The Balaban J connectivity index is 2.48. The van der Waals surface area contributed by atoms with Crippen molar-refractivity contribution in [2.75, 3.05) is 0 Å². The summed E-state index contributed by atoms with van der Waals surface area (Å²) < 4.78 is 0. The number of rotatable bonds is 2. The van der Waals surface area contributed by atoms with Crippen LogP contribution in [0.5, 0.6) is 0 Å². The molecule has 0 spiro atoms. The van der Waals surface area contributed by atoms with Gasteiger partial charge in [-0.05, 0) is 30.5 Å². The lowest BCUT2D eigenvalue weighted by Gasteiger charge is -2.27. The molecule has 0 heterocycles. The van der Waals surface area contributed by atoms with Gasteiger partial charge in [0.25, 0.3) is 0 Å². The van der Waals surface area contributed by atoms with E-state index in [1.54, 1.807) is 24.3 Å². The van der Waals surface area contributed by atoms with E-state index in [1.165, 1.54) is 0 Å². The number of benzene rings is 1. The molecule has 1 atom stereocenters. The molecule has 0 unspecified atom stereocenters. The van der Waals surface area contributed by atoms with E-state index in [2.05, 4.69) is 12.0 Å². The number of halogens is 1. The lowest BCUT2D eigenvalue weighted by Crippen LogP contribution is -2.34. The first kappa shape index (κ1) is 11.0. The van der Waals surface area contributed by atoms with Crippen molar-refractivity contribution in [1.29, 1.82) is 5.26 Å². The third-order valence-corrected chi connectivity index (χ3v) is 3.38. The topological polar surface area (TPSA) is 44.0 Å². The van der Waals surface area contributed by atoms with Gasteiger partial charge in [-0.15, -0.1) is 6.42 Å². The molecule has 1 aromatic rings. The number of terminal acetylenes is 1. The molecule has 16 heavy (non-hydrogen) atoms. The summed E-state index contributed by atoms with van der Waals surface area (Å²) in [4.78, 5) is 0. The average molecular weight is 232 g/mol. The molecule has 0 aliphatic heterocycles. The van der Waals surface area contributed by atoms with Gasteiger partial charge in [0, 0.05) is 5.02 Å². The van der Waals surface area contributed by atoms with Crippen LogP contribution in [0.15, 0.2) is 24.3 Å². The lowest BCUT2D eigenvalue weighted by atomic mass is 9.80. The first-order valence-corrected chi connectivity index (χ1v) is 5.33. The Morgan fingerprint density at radius 3 is 2.31 bits per heavy atom. The highest BCUT2D eigenvalue weighted by Gasteiger charge is 2.60. The fourth-order valence-electron chi connectivity index (χ4n) is 1.87. The van der Waals surface area contributed by atoms with Crippen LogP contribution in [0.25, 0.3) is 0 Å². The van der Waals surface area contributed by atoms with E-state index in [0.717, 1.165) is 0 Å². The van der Waals surface area contributed by atoms with Gasteiger partial charge in [0.2, 0.25) is 0 Å². The quantitative estimate of drug-likeness (QED) is 0.795. The van der Waals surface area contributed by atoms with Gasteiger partial charge in [0.05, 0.1) is 6.07 Å². The summed E-state index contributed by atoms with van der Waals surface area (Å²) in [5.41, 5.74) is -1.78. The normalized spacial score (nSPS) is 20.2. The Kier molecular flexibility index (Phi) is 2.43. The molecular weight excluding hydrogens is 222 g/mol. The number of hydrogen-bond acceptors (Lipinski definition) is 2. The molecule has 0 saturated heterocycles. The second-order valence-electron chi connectivity index (χ2n) is 4.06. The van der Waals surface area contributed by atoms with E-state index in [4.69, 9.17) is 23.3 Å². The highest BCUT2D eigenvalue weighted by atomic mass is 35.5. The molecule has 3 heteroatoms. The Labute approximate surface area is 99.5 Å². The summed E-state index contributed by atoms with van der Waals surface area (Å²) in [6.45, 7) is 0. The van der Waals surface area contributed by atoms with E-state index in [-0.39, 0.29) is 0 Å². The van der Waals surface area contributed by atoms with Gasteiger partial charge in [-0.25, -0.2) is 0 Å². The van der Waals surface area contributed by atoms with Crippen molar-refractivity contribution in [3.8, 4) is 18.4 Å². The molecule has 80 valence electrons. The first-order valence-electron chi connectivity index (χ1n) is 4.95. The number of hydrogen-bond donors (Lipinski definition) is 1. The van der Waals surface area contributed by atoms with Gasteiger partial charge in [-0.2, -0.15) is 5.26 Å². The molecule has 1 aliphatic carbocycles. The summed E-state index contributed by atoms with van der Waals surface area (Å²) in [5, 5.41) is 20.2. The molecule has 0 bridgehead atoms. The molecule has 1 fully saturated rings. The van der Waals surface area contributed by atoms with Crippen molar-refractivity contribution < 1.29 is 5.11 Å². The molecule has 0 amide bonds. The van der Waals surface area contributed by atoms with E-state index in [1.807, 2.05) is 0 Å². The van der Waals surface area contributed by atoms with Crippen LogP contribution < -0.4 is 0 Å². The second-order valence-corrected chi connectivity index (χ2v) is 4.49. The predicted octanol–water partition coefficient (Wildman–Crippen LogP) is 2.46. The zero-order valence-corrected chi connectivity index (χ0v) is 9.33. The summed E-state index contributed by atoms with van der Waals surface area (Å²) in [6, 6.07) is 8.78. The maximum Gasteiger partial charge on any atom is 0.169 e. The van der Waals surface area contributed by atoms with E-state index in [9.17, 15) is 5.11 Å². The lowest BCUT2D eigenvalue weighted by molar-refractivity contribution is 0.0458. The van der Waals surface area contributed by atoms with Crippen LogP contribution >= 0.6 is 11.6 Å². The van der Waals surface area contributed by atoms with E-state index >= 15 is 0 Å². The summed E-state index contributed by atoms with van der Waals surface area (Å²) in [7, 11) is 0. The van der Waals surface area contributed by atoms with Gasteiger partial charge in [-0.1, -0.05) is 29.7 Å². The molecule has 1 N–H and O–H groups in total. The Morgan fingerprint density at radius 1 is 1.38 bits per heavy atom. The van der Waals surface area contributed by atoms with Crippen LogP contribution in [0, 0.1) is 29.1 Å². The Hall–Kier alpha value is -1.48. The van der Waals surface area contributed by atoms with Gasteiger partial charge in [-0.3, -0.25) is 0 Å². The SMILES string of the molecule is C#C[C@](O)(c1ccc(Cl)cc1)C1(C#N)CC1. The number of aliphatic hydroxyl groups is 1. The van der Waals surface area contributed by atoms with Gasteiger partial charge >= 0.3 is 0 Å². The standard InChI is InChI=1S/C13H10ClNO/c1-2-13(16,12(9-15)7-8-12)10-3-5-11(14)6-4-10/h1,3-6,16H,7-8H2/t13-/m0/s1. The van der Waals surface area contributed by atoms with Crippen LogP contribution in [-0.2, 0) is 5.60 Å². The van der Waals surface area contributed by atoms with Crippen LogP contribution in [0.2, 0.25) is 5.02 Å². The molecular formula is C13H10ClNO. The second kappa shape index (κ2) is 3.52. The highest BCUT2D eigenvalue weighted by Crippen LogP contribution is 2.57.